The van der Waals surface area contributed by atoms with Gasteiger partial charge in [-0.25, -0.2) is 14.4 Å². The highest BCUT2D eigenvalue weighted by Gasteiger charge is 2.18. The molecule has 1 fully saturated rings. The van der Waals surface area contributed by atoms with Crippen LogP contribution < -0.4 is 15.0 Å². The molecule has 2 heterocycles. The summed E-state index contributed by atoms with van der Waals surface area (Å²) in [6, 6.07) is 12.8. The molecule has 1 aliphatic heterocycles. The normalized spacial score (nSPS) is 13.7. The van der Waals surface area contributed by atoms with Gasteiger partial charge < -0.3 is 19.7 Å². The first kappa shape index (κ1) is 19.8. The summed E-state index contributed by atoms with van der Waals surface area (Å²) in [5, 5.41) is 2.81. The number of halogens is 1. The van der Waals surface area contributed by atoms with Crippen molar-refractivity contribution >= 4 is 11.7 Å². The Hall–Kier alpha value is -3.52. The summed E-state index contributed by atoms with van der Waals surface area (Å²) >= 11 is 0. The number of hydrogen-bond acceptors (Lipinski definition) is 6. The van der Waals surface area contributed by atoms with E-state index in [0.717, 1.165) is 18.7 Å². The molecule has 7 nitrogen and oxygen atoms in total. The fourth-order valence-electron chi connectivity index (χ4n) is 3.05. The Morgan fingerprint density at radius 1 is 1.03 bits per heavy atom. The Labute approximate surface area is 173 Å². The van der Waals surface area contributed by atoms with Crippen molar-refractivity contribution in [1.82, 2.24) is 15.3 Å². The van der Waals surface area contributed by atoms with E-state index in [9.17, 15) is 9.18 Å². The van der Waals surface area contributed by atoms with Crippen molar-refractivity contribution in [2.75, 3.05) is 31.2 Å². The Kier molecular flexibility index (Phi) is 6.14. The lowest BCUT2D eigenvalue weighted by Crippen LogP contribution is -2.37. The van der Waals surface area contributed by atoms with Gasteiger partial charge >= 0.3 is 0 Å². The van der Waals surface area contributed by atoms with Gasteiger partial charge in [0.2, 0.25) is 0 Å². The van der Waals surface area contributed by atoms with Crippen LogP contribution in [0.1, 0.15) is 15.9 Å². The van der Waals surface area contributed by atoms with E-state index in [-0.39, 0.29) is 11.7 Å². The molecule has 0 radical (unpaired) electrons. The van der Waals surface area contributed by atoms with Crippen LogP contribution in [-0.4, -0.2) is 42.2 Å². The minimum atomic E-state index is -0.305. The molecule has 0 bridgehead atoms. The molecule has 0 atom stereocenters. The number of hydrogen-bond donors (Lipinski definition) is 1. The maximum absolute atomic E-state index is 13.0. The van der Waals surface area contributed by atoms with Gasteiger partial charge in [-0.1, -0.05) is 12.1 Å². The highest BCUT2D eigenvalue weighted by molar-refractivity contribution is 5.94. The minimum Gasteiger partial charge on any atom is -0.436 e. The van der Waals surface area contributed by atoms with Crippen LogP contribution in [0.3, 0.4) is 0 Å². The van der Waals surface area contributed by atoms with E-state index in [2.05, 4.69) is 20.2 Å². The van der Waals surface area contributed by atoms with E-state index in [4.69, 9.17) is 9.47 Å². The number of benzene rings is 2. The molecule has 2 aromatic carbocycles. The summed E-state index contributed by atoms with van der Waals surface area (Å²) in [5.74, 6) is 1.11. The monoisotopic (exact) mass is 408 g/mol. The first-order chi connectivity index (χ1) is 14.7. The zero-order chi connectivity index (χ0) is 20.8. The Bertz CT molecular complexity index is 990. The van der Waals surface area contributed by atoms with E-state index < -0.39 is 0 Å². The number of nitrogens with one attached hydrogen (secondary N) is 1. The number of rotatable bonds is 6. The van der Waals surface area contributed by atoms with Crippen molar-refractivity contribution in [3.05, 3.63) is 77.9 Å². The van der Waals surface area contributed by atoms with Crippen molar-refractivity contribution in [2.24, 2.45) is 0 Å². The van der Waals surface area contributed by atoms with E-state index in [0.29, 0.717) is 42.8 Å². The summed E-state index contributed by atoms with van der Waals surface area (Å²) in [7, 11) is 0. The molecule has 4 rings (SSSR count). The minimum absolute atomic E-state index is 0.223. The van der Waals surface area contributed by atoms with Crippen LogP contribution in [0.15, 0.2) is 60.9 Å². The van der Waals surface area contributed by atoms with Gasteiger partial charge in [0.1, 0.15) is 11.6 Å². The van der Waals surface area contributed by atoms with Gasteiger partial charge in [0.25, 0.3) is 11.8 Å². The summed E-state index contributed by atoms with van der Waals surface area (Å²) in [6.45, 7) is 3.04. The van der Waals surface area contributed by atoms with Gasteiger partial charge in [0.15, 0.2) is 5.82 Å². The van der Waals surface area contributed by atoms with Crippen LogP contribution in [0.2, 0.25) is 0 Å². The fraction of sp³-hybridized carbons (Fsp3) is 0.227. The lowest BCUT2D eigenvalue weighted by molar-refractivity contribution is 0.0951. The van der Waals surface area contributed by atoms with Crippen LogP contribution in [0.5, 0.6) is 11.6 Å². The van der Waals surface area contributed by atoms with Crippen molar-refractivity contribution in [3.63, 3.8) is 0 Å². The Morgan fingerprint density at radius 3 is 2.47 bits per heavy atom. The summed E-state index contributed by atoms with van der Waals surface area (Å²) in [6.07, 6.45) is 3.21. The van der Waals surface area contributed by atoms with Gasteiger partial charge in [-0.2, -0.15) is 0 Å². The number of aromatic nitrogens is 2. The molecule has 1 saturated heterocycles. The van der Waals surface area contributed by atoms with Crippen LogP contribution in [0, 0.1) is 5.82 Å². The number of morpholine rings is 1. The molecule has 8 heteroatoms. The maximum Gasteiger partial charge on any atom is 0.263 e. The maximum atomic E-state index is 13.0. The van der Waals surface area contributed by atoms with E-state index in [1.807, 2.05) is 0 Å². The molecule has 0 saturated carbocycles. The molecule has 1 aliphatic rings. The highest BCUT2D eigenvalue weighted by Crippen LogP contribution is 2.28. The summed E-state index contributed by atoms with van der Waals surface area (Å²) < 4.78 is 24.3. The summed E-state index contributed by atoms with van der Waals surface area (Å²) in [4.78, 5) is 23.1. The molecule has 154 valence electrons. The lowest BCUT2D eigenvalue weighted by Gasteiger charge is -2.28. The number of nitrogens with zero attached hydrogens (tertiary/aromatic N) is 3. The van der Waals surface area contributed by atoms with Gasteiger partial charge in [-0.15, -0.1) is 0 Å². The Morgan fingerprint density at radius 2 is 1.73 bits per heavy atom. The fourth-order valence-corrected chi connectivity index (χ4v) is 3.05. The second-order valence-corrected chi connectivity index (χ2v) is 6.72. The molecule has 1 amide bonds. The molecule has 0 spiro atoms. The number of ether oxygens (including phenoxy) is 2. The third kappa shape index (κ3) is 4.90. The first-order valence-electron chi connectivity index (χ1n) is 9.63. The van der Waals surface area contributed by atoms with E-state index in [1.54, 1.807) is 48.8 Å². The van der Waals surface area contributed by atoms with Crippen molar-refractivity contribution in [2.45, 2.75) is 6.54 Å². The molecular weight excluding hydrogens is 387 g/mol. The second kappa shape index (κ2) is 9.32. The third-order valence-corrected chi connectivity index (χ3v) is 4.65. The van der Waals surface area contributed by atoms with Gasteiger partial charge in [-0.3, -0.25) is 4.79 Å². The average Bonchev–Trinajstić information content (AvgIpc) is 2.80. The number of carbonyl (C=O) groups is 1. The zero-order valence-electron chi connectivity index (χ0n) is 16.3. The lowest BCUT2D eigenvalue weighted by atomic mass is 10.2. The third-order valence-electron chi connectivity index (χ3n) is 4.65. The van der Waals surface area contributed by atoms with Crippen molar-refractivity contribution in [3.8, 4) is 11.6 Å². The standard InChI is InChI=1S/C22H21FN4O3/c23-18-5-1-16(2-6-18)15-26-21(28)17-3-7-19(8-4-17)30-22-20(24-9-10-25-22)27-11-13-29-14-12-27/h1-10H,11-15H2,(H,26,28). The number of amides is 1. The highest BCUT2D eigenvalue weighted by atomic mass is 19.1. The number of carbonyl (C=O) groups excluding carboxylic acids is 1. The summed E-state index contributed by atoms with van der Waals surface area (Å²) in [5.41, 5.74) is 1.32. The van der Waals surface area contributed by atoms with Gasteiger partial charge in [0.05, 0.1) is 13.2 Å². The predicted octanol–water partition coefficient (Wildman–Crippen LogP) is 3.17. The van der Waals surface area contributed by atoms with Gasteiger partial charge in [-0.05, 0) is 42.0 Å². The topological polar surface area (TPSA) is 76.6 Å². The molecule has 0 aliphatic carbocycles. The first-order valence-corrected chi connectivity index (χ1v) is 9.63. The van der Waals surface area contributed by atoms with Crippen LogP contribution >= 0.6 is 0 Å². The predicted molar refractivity (Wildman–Crippen MR) is 109 cm³/mol. The van der Waals surface area contributed by atoms with Crippen LogP contribution in [-0.2, 0) is 11.3 Å². The number of anilines is 1. The second-order valence-electron chi connectivity index (χ2n) is 6.72. The van der Waals surface area contributed by atoms with Crippen molar-refractivity contribution in [1.29, 1.82) is 0 Å². The van der Waals surface area contributed by atoms with Crippen LogP contribution in [0.25, 0.3) is 0 Å². The quantitative estimate of drug-likeness (QED) is 0.675. The molecule has 1 aromatic heterocycles. The van der Waals surface area contributed by atoms with Crippen LogP contribution in [0.4, 0.5) is 10.2 Å². The SMILES string of the molecule is O=C(NCc1ccc(F)cc1)c1ccc(Oc2nccnc2N2CCOCC2)cc1. The molecule has 30 heavy (non-hydrogen) atoms. The Balaban J connectivity index is 1.39. The molecule has 3 aromatic rings. The molecule has 1 N–H and O–H groups in total. The van der Waals surface area contributed by atoms with E-state index >= 15 is 0 Å². The van der Waals surface area contributed by atoms with Crippen molar-refractivity contribution < 1.29 is 18.7 Å². The molecular formula is C22H21FN4O3. The largest absolute Gasteiger partial charge is 0.436 e. The van der Waals surface area contributed by atoms with E-state index in [1.165, 1.54) is 12.1 Å². The zero-order valence-corrected chi connectivity index (χ0v) is 16.3. The smallest absolute Gasteiger partial charge is 0.263 e. The van der Waals surface area contributed by atoms with Gasteiger partial charge in [0, 0.05) is 37.6 Å². The average molecular weight is 408 g/mol. The molecule has 0 unspecified atom stereocenters.